The summed E-state index contributed by atoms with van der Waals surface area (Å²) in [5.41, 5.74) is 0.297. The van der Waals surface area contributed by atoms with Gasteiger partial charge in [-0.3, -0.25) is 0 Å². The van der Waals surface area contributed by atoms with Crippen LogP contribution in [0.3, 0.4) is 0 Å². The van der Waals surface area contributed by atoms with Crippen LogP contribution in [0, 0.1) is 23.7 Å². The first-order chi connectivity index (χ1) is 8.40. The van der Waals surface area contributed by atoms with Gasteiger partial charge in [-0.15, -0.1) is 0 Å². The first-order valence-electron chi connectivity index (χ1n) is 5.75. The van der Waals surface area contributed by atoms with Crippen LogP contribution in [0.25, 0.3) is 0 Å². The summed E-state index contributed by atoms with van der Waals surface area (Å²) >= 11 is 0. The van der Waals surface area contributed by atoms with Crippen LogP contribution < -0.4 is 0 Å². The zero-order valence-electron chi connectivity index (χ0n) is 10.1. The summed E-state index contributed by atoms with van der Waals surface area (Å²) in [6.45, 7) is 1.84. The molecule has 0 aliphatic carbocycles. The maximum Gasteiger partial charge on any atom is 0.152 e. The van der Waals surface area contributed by atoms with Crippen molar-refractivity contribution < 1.29 is 13.5 Å². The second-order valence-electron chi connectivity index (χ2n) is 4.87. The van der Waals surface area contributed by atoms with Crippen molar-refractivity contribution in [3.63, 3.8) is 0 Å². The number of aliphatic hydroxyl groups is 1. The molecule has 1 saturated heterocycles. The molecule has 4 nitrogen and oxygen atoms in total. The standard InChI is InChI=1S/C13H15NO3S/c1-10-4-2-3-5-11(10)12(15)13(8-14)6-7-18(16,17)9-13/h2-5,12,15H,6-7,9H2,1H3. The maximum absolute atomic E-state index is 11.6. The van der Waals surface area contributed by atoms with Gasteiger partial charge in [-0.25, -0.2) is 8.42 Å². The van der Waals surface area contributed by atoms with Gasteiger partial charge in [-0.05, 0) is 24.5 Å². The van der Waals surface area contributed by atoms with Crippen molar-refractivity contribution in [2.45, 2.75) is 19.4 Å². The van der Waals surface area contributed by atoms with Crippen molar-refractivity contribution in [1.29, 1.82) is 5.26 Å². The molecule has 1 aromatic rings. The minimum absolute atomic E-state index is 0.0243. The van der Waals surface area contributed by atoms with E-state index in [1.54, 1.807) is 12.1 Å². The Morgan fingerprint density at radius 2 is 2.11 bits per heavy atom. The van der Waals surface area contributed by atoms with Crippen molar-refractivity contribution >= 4 is 9.84 Å². The lowest BCUT2D eigenvalue weighted by atomic mass is 9.79. The number of aryl methyl sites for hydroxylation is 1. The summed E-state index contributed by atoms with van der Waals surface area (Å²) in [5, 5.41) is 19.7. The molecule has 0 radical (unpaired) electrons. The third kappa shape index (κ3) is 2.14. The molecule has 96 valence electrons. The fraction of sp³-hybridized carbons (Fsp3) is 0.462. The van der Waals surface area contributed by atoms with Crippen LogP contribution in [0.15, 0.2) is 24.3 Å². The van der Waals surface area contributed by atoms with Crippen LogP contribution in [0.4, 0.5) is 0 Å². The zero-order valence-corrected chi connectivity index (χ0v) is 10.9. The molecule has 1 aliphatic rings. The summed E-state index contributed by atoms with van der Waals surface area (Å²) in [7, 11) is -3.21. The molecule has 1 heterocycles. The second-order valence-corrected chi connectivity index (χ2v) is 7.05. The molecule has 1 N–H and O–H groups in total. The number of sulfone groups is 1. The summed E-state index contributed by atoms with van der Waals surface area (Å²) in [5.74, 6) is -0.282. The molecule has 0 saturated carbocycles. The van der Waals surface area contributed by atoms with Gasteiger partial charge in [0.05, 0.1) is 23.7 Å². The van der Waals surface area contributed by atoms with Crippen molar-refractivity contribution in [3.05, 3.63) is 35.4 Å². The molecule has 5 heteroatoms. The molecule has 0 bridgehead atoms. The number of aliphatic hydroxyl groups excluding tert-OH is 1. The third-order valence-electron chi connectivity index (χ3n) is 3.57. The highest BCUT2D eigenvalue weighted by Crippen LogP contribution is 2.43. The van der Waals surface area contributed by atoms with Crippen LogP contribution in [0.5, 0.6) is 0 Å². The van der Waals surface area contributed by atoms with E-state index in [0.29, 0.717) is 5.56 Å². The van der Waals surface area contributed by atoms with Crippen LogP contribution >= 0.6 is 0 Å². The van der Waals surface area contributed by atoms with Gasteiger partial charge < -0.3 is 5.11 Å². The van der Waals surface area contributed by atoms with E-state index in [2.05, 4.69) is 0 Å². The summed E-state index contributed by atoms with van der Waals surface area (Å²) in [6.07, 6.45) is -0.859. The maximum atomic E-state index is 11.6. The van der Waals surface area contributed by atoms with E-state index in [0.717, 1.165) is 5.56 Å². The summed E-state index contributed by atoms with van der Waals surface area (Å²) in [4.78, 5) is 0. The van der Waals surface area contributed by atoms with E-state index in [9.17, 15) is 18.8 Å². The van der Waals surface area contributed by atoms with Gasteiger partial charge >= 0.3 is 0 Å². The Morgan fingerprint density at radius 3 is 2.61 bits per heavy atom. The number of nitriles is 1. The average Bonchev–Trinajstić information content (AvgIpc) is 2.66. The second kappa shape index (κ2) is 4.38. The summed E-state index contributed by atoms with van der Waals surface area (Å²) < 4.78 is 23.1. The van der Waals surface area contributed by atoms with Gasteiger partial charge in [0.2, 0.25) is 0 Å². The van der Waals surface area contributed by atoms with Gasteiger partial charge in [-0.2, -0.15) is 5.26 Å². The number of hydrogen-bond acceptors (Lipinski definition) is 4. The number of benzene rings is 1. The first-order valence-corrected chi connectivity index (χ1v) is 7.58. The van der Waals surface area contributed by atoms with E-state index < -0.39 is 21.4 Å². The Balaban J connectivity index is 2.42. The van der Waals surface area contributed by atoms with Crippen molar-refractivity contribution in [1.82, 2.24) is 0 Å². The average molecular weight is 265 g/mol. The van der Waals surface area contributed by atoms with E-state index in [1.807, 2.05) is 25.1 Å². The first kappa shape index (κ1) is 13.1. The Bertz CT molecular complexity index is 603. The monoisotopic (exact) mass is 265 g/mol. The highest BCUT2D eigenvalue weighted by atomic mass is 32.2. The highest BCUT2D eigenvalue weighted by Gasteiger charge is 2.48. The van der Waals surface area contributed by atoms with E-state index in [4.69, 9.17) is 0 Å². The quantitative estimate of drug-likeness (QED) is 0.875. The molecule has 0 amide bonds. The smallest absolute Gasteiger partial charge is 0.152 e. The van der Waals surface area contributed by atoms with Gasteiger partial charge in [0.25, 0.3) is 0 Å². The number of nitrogens with zero attached hydrogens (tertiary/aromatic N) is 1. The van der Waals surface area contributed by atoms with Crippen molar-refractivity contribution in [2.24, 2.45) is 5.41 Å². The van der Waals surface area contributed by atoms with Gasteiger partial charge in [0.1, 0.15) is 5.41 Å². The normalized spacial score (nSPS) is 27.6. The zero-order chi connectivity index (χ0) is 13.4. The lowest BCUT2D eigenvalue weighted by Gasteiger charge is -2.27. The Morgan fingerprint density at radius 1 is 1.44 bits per heavy atom. The Hall–Kier alpha value is -1.38. The fourth-order valence-corrected chi connectivity index (χ4v) is 4.40. The van der Waals surface area contributed by atoms with Crippen molar-refractivity contribution in [2.75, 3.05) is 11.5 Å². The van der Waals surface area contributed by atoms with E-state index in [1.165, 1.54) is 0 Å². The highest BCUT2D eigenvalue weighted by molar-refractivity contribution is 7.91. The molecule has 2 unspecified atom stereocenters. The Labute approximate surface area is 107 Å². The predicted molar refractivity (Wildman–Crippen MR) is 67.5 cm³/mol. The Kier molecular flexibility index (Phi) is 3.18. The molecule has 18 heavy (non-hydrogen) atoms. The largest absolute Gasteiger partial charge is 0.387 e. The molecule has 2 rings (SSSR count). The molecule has 1 fully saturated rings. The van der Waals surface area contributed by atoms with Crippen LogP contribution in [-0.4, -0.2) is 25.0 Å². The molecule has 1 aliphatic heterocycles. The molecular formula is C13H15NO3S. The molecule has 1 aromatic carbocycles. The molecular weight excluding hydrogens is 250 g/mol. The van der Waals surface area contributed by atoms with Crippen molar-refractivity contribution in [3.8, 4) is 6.07 Å². The third-order valence-corrected chi connectivity index (χ3v) is 5.35. The predicted octanol–water partition coefficient (Wildman–Crippen LogP) is 1.36. The van der Waals surface area contributed by atoms with Crippen LogP contribution in [-0.2, 0) is 9.84 Å². The SMILES string of the molecule is Cc1ccccc1C(O)C1(C#N)CCS(=O)(=O)C1. The minimum Gasteiger partial charge on any atom is -0.387 e. The van der Waals surface area contributed by atoms with Crippen LogP contribution in [0.2, 0.25) is 0 Å². The van der Waals surface area contributed by atoms with Gasteiger partial charge in [0, 0.05) is 0 Å². The lowest BCUT2D eigenvalue weighted by molar-refractivity contribution is 0.0788. The molecule has 2 atom stereocenters. The summed E-state index contributed by atoms with van der Waals surface area (Å²) in [6, 6.07) is 9.23. The molecule has 0 aromatic heterocycles. The minimum atomic E-state index is -3.21. The number of hydrogen-bond donors (Lipinski definition) is 1. The van der Waals surface area contributed by atoms with Crippen LogP contribution in [0.1, 0.15) is 23.7 Å². The lowest BCUT2D eigenvalue weighted by Crippen LogP contribution is -2.29. The fourth-order valence-electron chi connectivity index (χ4n) is 2.43. The topological polar surface area (TPSA) is 78.2 Å². The van der Waals surface area contributed by atoms with E-state index >= 15 is 0 Å². The van der Waals surface area contributed by atoms with E-state index in [-0.39, 0.29) is 17.9 Å². The van der Waals surface area contributed by atoms with Gasteiger partial charge in [0.15, 0.2) is 9.84 Å². The molecule has 0 spiro atoms. The number of rotatable bonds is 2. The van der Waals surface area contributed by atoms with Gasteiger partial charge in [-0.1, -0.05) is 24.3 Å².